The minimum atomic E-state index is 0.0571. The lowest BCUT2D eigenvalue weighted by Gasteiger charge is -2.42. The standard InChI is InChI=1S/C23H28N6O/c1-26-9-7-19(8-10-26)27-11-13-28(14-12-27)23(30)18-15-21-22(24-16-18)29(17-25-21)20-5-3-2-4-6-20/h2-6,15-17,19H,7-14H2,1H3. The Kier molecular flexibility index (Phi) is 5.23. The highest BCUT2D eigenvalue weighted by atomic mass is 16.2. The van der Waals surface area contributed by atoms with Gasteiger partial charge in [0.15, 0.2) is 5.65 Å². The molecule has 2 fully saturated rings. The SMILES string of the molecule is CN1CCC(N2CCN(C(=O)c3cnc4c(c3)ncn4-c3ccccc3)CC2)CC1. The zero-order valence-electron chi connectivity index (χ0n) is 17.4. The van der Waals surface area contributed by atoms with Gasteiger partial charge in [0.1, 0.15) is 11.8 Å². The number of carbonyl (C=O) groups is 1. The first-order chi connectivity index (χ1) is 14.7. The normalized spacial score (nSPS) is 19.4. The van der Waals surface area contributed by atoms with Crippen LogP contribution >= 0.6 is 0 Å². The van der Waals surface area contributed by atoms with Crippen LogP contribution in [0.3, 0.4) is 0 Å². The first-order valence-corrected chi connectivity index (χ1v) is 10.8. The Morgan fingerprint density at radius 2 is 1.70 bits per heavy atom. The number of rotatable bonds is 3. The summed E-state index contributed by atoms with van der Waals surface area (Å²) in [6, 6.07) is 12.5. The van der Waals surface area contributed by atoms with Crippen LogP contribution in [0.5, 0.6) is 0 Å². The molecule has 7 heteroatoms. The lowest BCUT2D eigenvalue weighted by atomic mass is 10.0. The first-order valence-electron chi connectivity index (χ1n) is 10.8. The first kappa shape index (κ1) is 19.2. The molecule has 1 aromatic carbocycles. The summed E-state index contributed by atoms with van der Waals surface area (Å²) >= 11 is 0. The minimum Gasteiger partial charge on any atom is -0.336 e. The van der Waals surface area contributed by atoms with E-state index in [1.165, 1.54) is 25.9 Å². The van der Waals surface area contributed by atoms with Crippen LogP contribution in [0.4, 0.5) is 0 Å². The van der Waals surface area contributed by atoms with Crippen molar-refractivity contribution >= 4 is 17.1 Å². The van der Waals surface area contributed by atoms with Crippen molar-refractivity contribution in [3.63, 3.8) is 0 Å². The predicted octanol–water partition coefficient (Wildman–Crippen LogP) is 2.27. The van der Waals surface area contributed by atoms with Crippen molar-refractivity contribution in [3.8, 4) is 5.69 Å². The third kappa shape index (κ3) is 3.70. The smallest absolute Gasteiger partial charge is 0.255 e. The fourth-order valence-electron chi connectivity index (χ4n) is 4.63. The molecular formula is C23H28N6O. The van der Waals surface area contributed by atoms with Crippen molar-refractivity contribution in [1.29, 1.82) is 0 Å². The van der Waals surface area contributed by atoms with Gasteiger partial charge in [0, 0.05) is 44.1 Å². The van der Waals surface area contributed by atoms with Crippen LogP contribution in [-0.2, 0) is 0 Å². The van der Waals surface area contributed by atoms with Crippen molar-refractivity contribution in [2.24, 2.45) is 0 Å². The molecule has 0 N–H and O–H groups in total. The van der Waals surface area contributed by atoms with E-state index in [2.05, 4.69) is 26.8 Å². The third-order valence-electron chi connectivity index (χ3n) is 6.47. The molecule has 2 saturated heterocycles. The van der Waals surface area contributed by atoms with Crippen molar-refractivity contribution < 1.29 is 4.79 Å². The van der Waals surface area contributed by atoms with Crippen molar-refractivity contribution in [1.82, 2.24) is 29.2 Å². The molecular weight excluding hydrogens is 376 g/mol. The number of imidazole rings is 1. The Hall–Kier alpha value is -2.77. The molecule has 7 nitrogen and oxygen atoms in total. The van der Waals surface area contributed by atoms with Gasteiger partial charge in [0.05, 0.1) is 5.56 Å². The fourth-order valence-corrected chi connectivity index (χ4v) is 4.63. The number of benzene rings is 1. The number of fused-ring (bicyclic) bond motifs is 1. The Balaban J connectivity index is 1.26. The molecule has 0 spiro atoms. The van der Waals surface area contributed by atoms with E-state index < -0.39 is 0 Å². The second-order valence-electron chi connectivity index (χ2n) is 8.38. The number of pyridine rings is 1. The van der Waals surface area contributed by atoms with Crippen LogP contribution in [0, 0.1) is 0 Å². The minimum absolute atomic E-state index is 0.0571. The molecule has 30 heavy (non-hydrogen) atoms. The monoisotopic (exact) mass is 404 g/mol. The average molecular weight is 405 g/mol. The molecule has 2 aromatic heterocycles. The number of amides is 1. The van der Waals surface area contributed by atoms with E-state index in [1.54, 1.807) is 12.5 Å². The molecule has 4 heterocycles. The van der Waals surface area contributed by atoms with Gasteiger partial charge < -0.3 is 9.80 Å². The molecule has 2 aliphatic heterocycles. The number of aromatic nitrogens is 3. The zero-order chi connectivity index (χ0) is 20.5. The van der Waals surface area contributed by atoms with E-state index in [4.69, 9.17) is 0 Å². The molecule has 1 amide bonds. The maximum atomic E-state index is 13.1. The second-order valence-corrected chi connectivity index (χ2v) is 8.38. The van der Waals surface area contributed by atoms with Gasteiger partial charge in [-0.3, -0.25) is 14.3 Å². The average Bonchev–Trinajstić information content (AvgIpc) is 3.23. The summed E-state index contributed by atoms with van der Waals surface area (Å²) in [4.78, 5) is 29.1. The summed E-state index contributed by atoms with van der Waals surface area (Å²) in [7, 11) is 2.20. The number of carbonyl (C=O) groups excluding carboxylic acids is 1. The number of piperidine rings is 1. The molecule has 0 unspecified atom stereocenters. The summed E-state index contributed by atoms with van der Waals surface area (Å²) in [5.41, 5.74) is 3.14. The van der Waals surface area contributed by atoms with Gasteiger partial charge in [0.25, 0.3) is 5.91 Å². The van der Waals surface area contributed by atoms with Gasteiger partial charge >= 0.3 is 0 Å². The lowest BCUT2D eigenvalue weighted by Crippen LogP contribution is -2.54. The van der Waals surface area contributed by atoms with Gasteiger partial charge in [-0.15, -0.1) is 0 Å². The predicted molar refractivity (Wildman–Crippen MR) is 117 cm³/mol. The van der Waals surface area contributed by atoms with Crippen molar-refractivity contribution in [2.45, 2.75) is 18.9 Å². The Bertz CT molecular complexity index is 1020. The van der Waals surface area contributed by atoms with Gasteiger partial charge in [-0.1, -0.05) is 18.2 Å². The van der Waals surface area contributed by atoms with Crippen molar-refractivity contribution in [2.75, 3.05) is 46.3 Å². The van der Waals surface area contributed by atoms with Gasteiger partial charge in [-0.25, -0.2) is 9.97 Å². The highest BCUT2D eigenvalue weighted by Crippen LogP contribution is 2.20. The second kappa shape index (κ2) is 8.16. The summed E-state index contributed by atoms with van der Waals surface area (Å²) in [5.74, 6) is 0.0571. The topological polar surface area (TPSA) is 57.5 Å². The molecule has 0 radical (unpaired) electrons. The van der Waals surface area contributed by atoms with Gasteiger partial charge in [0.2, 0.25) is 0 Å². The molecule has 5 rings (SSSR count). The van der Waals surface area contributed by atoms with Crippen LogP contribution in [-0.4, -0.2) is 87.5 Å². The van der Waals surface area contributed by atoms with Crippen LogP contribution in [0.25, 0.3) is 16.9 Å². The number of likely N-dealkylation sites (tertiary alicyclic amines) is 1. The lowest BCUT2D eigenvalue weighted by molar-refractivity contribution is 0.0475. The number of piperazine rings is 1. The largest absolute Gasteiger partial charge is 0.336 e. The summed E-state index contributed by atoms with van der Waals surface area (Å²) in [5, 5.41) is 0. The summed E-state index contributed by atoms with van der Waals surface area (Å²) < 4.78 is 1.95. The molecule has 0 atom stereocenters. The van der Waals surface area contributed by atoms with E-state index in [1.807, 2.05) is 45.9 Å². The van der Waals surface area contributed by atoms with E-state index in [9.17, 15) is 4.79 Å². The maximum absolute atomic E-state index is 13.1. The quantitative estimate of drug-likeness (QED) is 0.670. The van der Waals surface area contributed by atoms with Crippen LogP contribution in [0.1, 0.15) is 23.2 Å². The van der Waals surface area contributed by atoms with Gasteiger partial charge in [-0.05, 0) is 51.2 Å². The zero-order valence-corrected chi connectivity index (χ0v) is 17.4. The molecule has 0 bridgehead atoms. The molecule has 156 valence electrons. The maximum Gasteiger partial charge on any atom is 0.255 e. The fraction of sp³-hybridized carbons (Fsp3) is 0.435. The number of nitrogens with zero attached hydrogens (tertiary/aromatic N) is 6. The number of hydrogen-bond acceptors (Lipinski definition) is 5. The summed E-state index contributed by atoms with van der Waals surface area (Å²) in [6.07, 6.45) is 5.92. The van der Waals surface area contributed by atoms with Crippen LogP contribution in [0.15, 0.2) is 48.9 Å². The Morgan fingerprint density at radius 3 is 2.43 bits per heavy atom. The summed E-state index contributed by atoms with van der Waals surface area (Å²) in [6.45, 7) is 5.82. The molecule has 2 aliphatic rings. The van der Waals surface area contributed by atoms with E-state index in [0.29, 0.717) is 11.6 Å². The number of hydrogen-bond donors (Lipinski definition) is 0. The van der Waals surface area contributed by atoms with Crippen LogP contribution in [0.2, 0.25) is 0 Å². The van der Waals surface area contributed by atoms with E-state index in [-0.39, 0.29) is 5.91 Å². The van der Waals surface area contributed by atoms with Crippen molar-refractivity contribution in [3.05, 3.63) is 54.5 Å². The third-order valence-corrected chi connectivity index (χ3v) is 6.47. The molecule has 0 saturated carbocycles. The van der Waals surface area contributed by atoms with E-state index in [0.717, 1.165) is 43.0 Å². The Morgan fingerprint density at radius 1 is 0.967 bits per heavy atom. The molecule has 3 aromatic rings. The Labute approximate surface area is 176 Å². The van der Waals surface area contributed by atoms with E-state index >= 15 is 0 Å². The number of para-hydroxylation sites is 1. The molecule has 0 aliphatic carbocycles. The van der Waals surface area contributed by atoms with Gasteiger partial charge in [-0.2, -0.15) is 0 Å². The highest BCUT2D eigenvalue weighted by molar-refractivity contribution is 5.96. The highest BCUT2D eigenvalue weighted by Gasteiger charge is 2.28. The van der Waals surface area contributed by atoms with Crippen LogP contribution < -0.4 is 0 Å².